The van der Waals surface area contributed by atoms with Gasteiger partial charge in [-0.1, -0.05) is 6.07 Å². The molecule has 24 heavy (non-hydrogen) atoms. The van der Waals surface area contributed by atoms with Crippen molar-refractivity contribution in [2.75, 3.05) is 20.3 Å². The summed E-state index contributed by atoms with van der Waals surface area (Å²) >= 11 is 1.62. The molecule has 2 rings (SSSR count). The van der Waals surface area contributed by atoms with E-state index in [1.807, 2.05) is 30.5 Å². The number of hydrogen-bond acceptors (Lipinski definition) is 5. The van der Waals surface area contributed by atoms with Crippen LogP contribution in [-0.2, 0) is 22.6 Å². The average molecular weight is 349 g/mol. The van der Waals surface area contributed by atoms with Gasteiger partial charge in [0.2, 0.25) is 5.91 Å². The van der Waals surface area contributed by atoms with Crippen molar-refractivity contribution in [3.05, 3.63) is 50.3 Å². The average Bonchev–Trinajstić information content (AvgIpc) is 3.03. The summed E-state index contributed by atoms with van der Waals surface area (Å²) < 4.78 is 6.65. The second-order valence-electron chi connectivity index (χ2n) is 5.61. The fraction of sp³-hybridized carbons (Fsp3) is 0.471. The molecule has 0 N–H and O–H groups in total. The van der Waals surface area contributed by atoms with E-state index in [4.69, 9.17) is 4.74 Å². The zero-order valence-electron chi connectivity index (χ0n) is 14.3. The van der Waals surface area contributed by atoms with Gasteiger partial charge in [-0.05, 0) is 31.4 Å². The van der Waals surface area contributed by atoms with Gasteiger partial charge in [0.05, 0.1) is 13.2 Å². The van der Waals surface area contributed by atoms with Crippen molar-refractivity contribution >= 4 is 17.2 Å². The normalized spacial score (nSPS) is 10.8. The van der Waals surface area contributed by atoms with Crippen molar-refractivity contribution in [3.63, 3.8) is 0 Å². The van der Waals surface area contributed by atoms with Crippen molar-refractivity contribution in [1.29, 1.82) is 0 Å². The Labute approximate surface area is 145 Å². The highest BCUT2D eigenvalue weighted by Crippen LogP contribution is 2.13. The highest BCUT2D eigenvalue weighted by atomic mass is 32.1. The van der Waals surface area contributed by atoms with Crippen molar-refractivity contribution < 1.29 is 9.53 Å². The molecule has 130 valence electrons. The number of carbonyl (C=O) groups excluding carboxylic acids is 1. The minimum Gasteiger partial charge on any atom is -0.383 e. The molecule has 2 heterocycles. The van der Waals surface area contributed by atoms with Crippen molar-refractivity contribution in [3.8, 4) is 0 Å². The third-order valence-electron chi connectivity index (χ3n) is 3.74. The van der Waals surface area contributed by atoms with E-state index in [1.54, 1.807) is 34.8 Å². The highest BCUT2D eigenvalue weighted by molar-refractivity contribution is 7.09. The number of aryl methyl sites for hydroxylation is 2. The third kappa shape index (κ3) is 5.01. The van der Waals surface area contributed by atoms with Crippen LogP contribution < -0.4 is 5.69 Å². The lowest BCUT2D eigenvalue weighted by Crippen LogP contribution is -2.35. The molecule has 0 fully saturated rings. The maximum atomic E-state index is 12.6. The standard InChI is InChI=1S/C17H23N3O3S/c1-13-11-14(2)20(17(22)18-13)7-6-16(21)19(8-9-23-3)12-15-5-4-10-24-15/h4-5,10-11H,6-9,12H2,1-3H3. The molecule has 0 aliphatic heterocycles. The van der Waals surface area contributed by atoms with E-state index in [2.05, 4.69) is 4.98 Å². The van der Waals surface area contributed by atoms with Crippen LogP contribution in [-0.4, -0.2) is 40.6 Å². The number of aromatic nitrogens is 2. The Kier molecular flexibility index (Phi) is 6.69. The van der Waals surface area contributed by atoms with E-state index in [-0.39, 0.29) is 18.0 Å². The molecule has 2 aromatic heterocycles. The van der Waals surface area contributed by atoms with E-state index < -0.39 is 0 Å². The number of nitrogens with zero attached hydrogens (tertiary/aromatic N) is 3. The summed E-state index contributed by atoms with van der Waals surface area (Å²) in [5, 5.41) is 2.00. The Morgan fingerprint density at radius 3 is 2.83 bits per heavy atom. The van der Waals surface area contributed by atoms with Gasteiger partial charge in [0, 0.05) is 42.9 Å². The Bertz CT molecular complexity index is 725. The SMILES string of the molecule is COCCN(Cc1cccs1)C(=O)CCn1c(C)cc(C)nc1=O. The van der Waals surface area contributed by atoms with E-state index in [9.17, 15) is 9.59 Å². The minimum absolute atomic E-state index is 0.00678. The minimum atomic E-state index is -0.304. The smallest absolute Gasteiger partial charge is 0.347 e. The summed E-state index contributed by atoms with van der Waals surface area (Å²) in [4.78, 5) is 31.4. The number of carbonyl (C=O) groups is 1. The lowest BCUT2D eigenvalue weighted by molar-refractivity contribution is -0.132. The van der Waals surface area contributed by atoms with E-state index in [0.29, 0.717) is 31.9 Å². The Balaban J connectivity index is 2.03. The lowest BCUT2D eigenvalue weighted by atomic mass is 10.3. The summed E-state index contributed by atoms with van der Waals surface area (Å²) in [6.07, 6.45) is 0.264. The van der Waals surface area contributed by atoms with Crippen LogP contribution in [0.2, 0.25) is 0 Å². The number of rotatable bonds is 8. The quantitative estimate of drug-likeness (QED) is 0.731. The van der Waals surface area contributed by atoms with Crippen molar-refractivity contribution in [2.24, 2.45) is 0 Å². The van der Waals surface area contributed by atoms with Crippen molar-refractivity contribution in [2.45, 2.75) is 33.4 Å². The monoisotopic (exact) mass is 349 g/mol. The first-order valence-electron chi connectivity index (χ1n) is 7.85. The first-order valence-corrected chi connectivity index (χ1v) is 8.73. The van der Waals surface area contributed by atoms with E-state index in [0.717, 1.165) is 10.6 Å². The van der Waals surface area contributed by atoms with Gasteiger partial charge in [-0.15, -0.1) is 11.3 Å². The molecule has 0 spiro atoms. The lowest BCUT2D eigenvalue weighted by Gasteiger charge is -2.22. The first-order chi connectivity index (χ1) is 11.5. The van der Waals surface area contributed by atoms with Crippen LogP contribution in [0.15, 0.2) is 28.4 Å². The van der Waals surface area contributed by atoms with Gasteiger partial charge in [-0.2, -0.15) is 4.98 Å². The molecule has 0 saturated heterocycles. The number of hydrogen-bond donors (Lipinski definition) is 0. The topological polar surface area (TPSA) is 64.4 Å². The molecule has 0 aliphatic rings. The summed E-state index contributed by atoms with van der Waals surface area (Å²) in [7, 11) is 1.62. The Hall–Kier alpha value is -1.99. The molecule has 0 saturated carbocycles. The third-order valence-corrected chi connectivity index (χ3v) is 4.60. The van der Waals surface area contributed by atoms with E-state index >= 15 is 0 Å². The largest absolute Gasteiger partial charge is 0.383 e. The van der Waals surface area contributed by atoms with Crippen LogP contribution in [0, 0.1) is 13.8 Å². The summed E-state index contributed by atoms with van der Waals surface area (Å²) in [5.74, 6) is 0.00678. The van der Waals surface area contributed by atoms with Crippen LogP contribution in [0.3, 0.4) is 0 Å². The van der Waals surface area contributed by atoms with Gasteiger partial charge >= 0.3 is 5.69 Å². The zero-order chi connectivity index (χ0) is 17.5. The second kappa shape index (κ2) is 8.75. The molecule has 0 unspecified atom stereocenters. The van der Waals surface area contributed by atoms with Crippen LogP contribution in [0.5, 0.6) is 0 Å². The fourth-order valence-corrected chi connectivity index (χ4v) is 3.22. The summed E-state index contributed by atoms with van der Waals surface area (Å²) in [6.45, 7) is 5.58. The predicted molar refractivity (Wildman–Crippen MR) is 94.2 cm³/mol. The first kappa shape index (κ1) is 18.4. The van der Waals surface area contributed by atoms with Gasteiger partial charge < -0.3 is 9.64 Å². The number of ether oxygens (including phenoxy) is 1. The molecular formula is C17H23N3O3S. The number of methoxy groups -OCH3 is 1. The van der Waals surface area contributed by atoms with Crippen LogP contribution >= 0.6 is 11.3 Å². The molecule has 0 aliphatic carbocycles. The molecule has 0 radical (unpaired) electrons. The maximum absolute atomic E-state index is 12.6. The Morgan fingerprint density at radius 1 is 1.42 bits per heavy atom. The molecule has 0 bridgehead atoms. The Morgan fingerprint density at radius 2 is 2.21 bits per heavy atom. The predicted octanol–water partition coefficient (Wildman–Crippen LogP) is 1.99. The molecule has 0 aromatic carbocycles. The molecule has 6 nitrogen and oxygen atoms in total. The van der Waals surface area contributed by atoms with Gasteiger partial charge in [0.15, 0.2) is 0 Å². The fourth-order valence-electron chi connectivity index (χ4n) is 2.50. The van der Waals surface area contributed by atoms with Crippen molar-refractivity contribution in [1.82, 2.24) is 14.5 Å². The summed E-state index contributed by atoms with van der Waals surface area (Å²) in [6, 6.07) is 5.83. The molecule has 2 aromatic rings. The zero-order valence-corrected chi connectivity index (χ0v) is 15.1. The van der Waals surface area contributed by atoms with Crippen LogP contribution in [0.1, 0.15) is 22.7 Å². The molecule has 1 amide bonds. The van der Waals surface area contributed by atoms with Gasteiger partial charge in [0.25, 0.3) is 0 Å². The van der Waals surface area contributed by atoms with Gasteiger partial charge in [-0.25, -0.2) is 4.79 Å². The number of thiophene rings is 1. The molecule has 7 heteroatoms. The highest BCUT2D eigenvalue weighted by Gasteiger charge is 2.15. The second-order valence-corrected chi connectivity index (χ2v) is 6.64. The molecular weight excluding hydrogens is 326 g/mol. The van der Waals surface area contributed by atoms with Crippen LogP contribution in [0.4, 0.5) is 0 Å². The van der Waals surface area contributed by atoms with Crippen LogP contribution in [0.25, 0.3) is 0 Å². The van der Waals surface area contributed by atoms with E-state index in [1.165, 1.54) is 0 Å². The molecule has 0 atom stereocenters. The van der Waals surface area contributed by atoms with Gasteiger partial charge in [-0.3, -0.25) is 9.36 Å². The maximum Gasteiger partial charge on any atom is 0.347 e. The summed E-state index contributed by atoms with van der Waals surface area (Å²) in [5.41, 5.74) is 1.21. The van der Waals surface area contributed by atoms with Gasteiger partial charge in [0.1, 0.15) is 0 Å². The number of amides is 1.